The molecule has 0 bridgehead atoms. The fraction of sp³-hybridized carbons (Fsp3) is 0.529. The SMILES string of the molecule is Cc1nnc(N2CCN(S(=O)(=O)c3ccc4c(c3)CCCC4)CC2)o1. The molecule has 1 fully saturated rings. The van der Waals surface area contributed by atoms with Crippen LogP contribution in [0.25, 0.3) is 0 Å². The molecule has 7 nitrogen and oxygen atoms in total. The van der Waals surface area contributed by atoms with Gasteiger partial charge in [-0.3, -0.25) is 0 Å². The van der Waals surface area contributed by atoms with Gasteiger partial charge in [0.05, 0.1) is 4.90 Å². The Balaban J connectivity index is 1.50. The van der Waals surface area contributed by atoms with Gasteiger partial charge in [0, 0.05) is 33.1 Å². The van der Waals surface area contributed by atoms with E-state index in [1.54, 1.807) is 17.3 Å². The average Bonchev–Trinajstić information content (AvgIpc) is 3.08. The van der Waals surface area contributed by atoms with Crippen molar-refractivity contribution >= 4 is 16.0 Å². The van der Waals surface area contributed by atoms with Crippen molar-refractivity contribution in [3.63, 3.8) is 0 Å². The molecule has 25 heavy (non-hydrogen) atoms. The molecule has 0 radical (unpaired) electrons. The molecule has 0 amide bonds. The zero-order valence-electron chi connectivity index (χ0n) is 14.3. The summed E-state index contributed by atoms with van der Waals surface area (Å²) in [6.07, 6.45) is 4.36. The Morgan fingerprint density at radius 1 is 1.00 bits per heavy atom. The smallest absolute Gasteiger partial charge is 0.318 e. The molecule has 8 heteroatoms. The predicted molar refractivity (Wildman–Crippen MR) is 93.1 cm³/mol. The minimum atomic E-state index is -3.46. The first-order valence-corrected chi connectivity index (χ1v) is 10.1. The lowest BCUT2D eigenvalue weighted by Crippen LogP contribution is -2.48. The van der Waals surface area contributed by atoms with Gasteiger partial charge in [0.25, 0.3) is 0 Å². The largest absolute Gasteiger partial charge is 0.408 e. The molecule has 4 rings (SSSR count). The molecule has 2 aliphatic rings. The second-order valence-electron chi connectivity index (χ2n) is 6.63. The molecular formula is C17H22N4O3S. The molecule has 1 aromatic heterocycles. The third-order valence-electron chi connectivity index (χ3n) is 4.98. The molecule has 0 N–H and O–H groups in total. The minimum absolute atomic E-state index is 0.412. The summed E-state index contributed by atoms with van der Waals surface area (Å²) in [4.78, 5) is 2.34. The third kappa shape index (κ3) is 3.16. The van der Waals surface area contributed by atoms with Crippen LogP contribution in [0.2, 0.25) is 0 Å². The van der Waals surface area contributed by atoms with Crippen LogP contribution in [-0.4, -0.2) is 49.1 Å². The fourth-order valence-electron chi connectivity index (χ4n) is 3.55. The number of fused-ring (bicyclic) bond motifs is 1. The van der Waals surface area contributed by atoms with E-state index in [0.29, 0.717) is 43.0 Å². The van der Waals surface area contributed by atoms with Gasteiger partial charge in [0.15, 0.2) is 0 Å². The summed E-state index contributed by atoms with van der Waals surface area (Å²) < 4.78 is 32.9. The van der Waals surface area contributed by atoms with Gasteiger partial charge in [-0.2, -0.15) is 4.31 Å². The number of benzene rings is 1. The summed E-state index contributed by atoms with van der Waals surface area (Å²) in [5.41, 5.74) is 2.48. The topological polar surface area (TPSA) is 79.5 Å². The molecule has 1 aliphatic heterocycles. The summed E-state index contributed by atoms with van der Waals surface area (Å²) >= 11 is 0. The first kappa shape index (κ1) is 16.5. The van der Waals surface area contributed by atoms with Crippen LogP contribution in [0.1, 0.15) is 29.9 Å². The highest BCUT2D eigenvalue weighted by Gasteiger charge is 2.30. The number of rotatable bonds is 3. The predicted octanol–water partition coefficient (Wildman–Crippen LogP) is 1.77. The molecule has 2 aromatic rings. The van der Waals surface area contributed by atoms with Crippen LogP contribution in [-0.2, 0) is 22.9 Å². The molecule has 0 atom stereocenters. The normalized spacial score (nSPS) is 19.0. The van der Waals surface area contributed by atoms with Gasteiger partial charge in [-0.1, -0.05) is 11.2 Å². The van der Waals surface area contributed by atoms with E-state index in [1.807, 2.05) is 17.0 Å². The fourth-order valence-corrected chi connectivity index (χ4v) is 5.03. The number of anilines is 1. The maximum absolute atomic E-state index is 13.0. The Bertz CT molecular complexity index is 870. The quantitative estimate of drug-likeness (QED) is 0.828. The lowest BCUT2D eigenvalue weighted by molar-refractivity contribution is 0.370. The summed E-state index contributed by atoms with van der Waals surface area (Å²) in [5, 5.41) is 7.83. The number of piperazine rings is 1. The lowest BCUT2D eigenvalue weighted by atomic mass is 9.92. The van der Waals surface area contributed by atoms with Crippen LogP contribution < -0.4 is 4.90 Å². The number of sulfonamides is 1. The average molecular weight is 362 g/mol. The van der Waals surface area contributed by atoms with E-state index in [9.17, 15) is 8.42 Å². The Morgan fingerprint density at radius 2 is 1.72 bits per heavy atom. The Hall–Kier alpha value is -1.93. The molecule has 0 unspecified atom stereocenters. The van der Waals surface area contributed by atoms with E-state index in [2.05, 4.69) is 10.2 Å². The summed E-state index contributed by atoms with van der Waals surface area (Å²) in [6.45, 7) is 3.67. The van der Waals surface area contributed by atoms with Crippen molar-refractivity contribution in [2.24, 2.45) is 0 Å². The standard InChI is InChI=1S/C17H22N4O3S/c1-13-18-19-17(24-13)20-8-10-21(11-9-20)25(22,23)16-7-6-14-4-2-3-5-15(14)12-16/h6-7,12H,2-5,8-11H2,1H3. The molecule has 1 aliphatic carbocycles. The lowest BCUT2D eigenvalue weighted by Gasteiger charge is -2.33. The van der Waals surface area contributed by atoms with E-state index >= 15 is 0 Å². The summed E-state index contributed by atoms with van der Waals surface area (Å²) in [5.74, 6) is 0.513. The number of aryl methyl sites for hydroxylation is 3. The van der Waals surface area contributed by atoms with E-state index in [1.165, 1.54) is 17.5 Å². The van der Waals surface area contributed by atoms with Crippen molar-refractivity contribution in [1.29, 1.82) is 0 Å². The van der Waals surface area contributed by atoms with E-state index < -0.39 is 10.0 Å². The summed E-state index contributed by atoms with van der Waals surface area (Å²) in [7, 11) is -3.46. The van der Waals surface area contributed by atoms with Gasteiger partial charge < -0.3 is 9.32 Å². The molecule has 1 aromatic carbocycles. The Labute approximate surface area is 147 Å². The van der Waals surface area contributed by atoms with Crippen molar-refractivity contribution in [2.75, 3.05) is 31.1 Å². The molecule has 134 valence electrons. The Kier molecular flexibility index (Phi) is 4.24. The highest BCUT2D eigenvalue weighted by Crippen LogP contribution is 2.26. The maximum Gasteiger partial charge on any atom is 0.318 e. The van der Waals surface area contributed by atoms with Gasteiger partial charge in [-0.25, -0.2) is 8.42 Å². The number of nitrogens with zero attached hydrogens (tertiary/aromatic N) is 4. The first-order valence-electron chi connectivity index (χ1n) is 8.71. The van der Waals surface area contributed by atoms with Crippen LogP contribution in [0, 0.1) is 6.92 Å². The van der Waals surface area contributed by atoms with Crippen molar-refractivity contribution < 1.29 is 12.8 Å². The maximum atomic E-state index is 13.0. The second-order valence-corrected chi connectivity index (χ2v) is 8.57. The molecular weight excluding hydrogens is 340 g/mol. The monoisotopic (exact) mass is 362 g/mol. The summed E-state index contributed by atoms with van der Waals surface area (Å²) in [6, 6.07) is 6.08. The van der Waals surface area contributed by atoms with Crippen LogP contribution >= 0.6 is 0 Å². The van der Waals surface area contributed by atoms with Crippen molar-refractivity contribution in [2.45, 2.75) is 37.5 Å². The van der Waals surface area contributed by atoms with Crippen molar-refractivity contribution in [3.05, 3.63) is 35.2 Å². The minimum Gasteiger partial charge on any atom is -0.408 e. The zero-order chi connectivity index (χ0) is 17.4. The highest BCUT2D eigenvalue weighted by atomic mass is 32.2. The highest BCUT2D eigenvalue weighted by molar-refractivity contribution is 7.89. The van der Waals surface area contributed by atoms with Gasteiger partial charge in [-0.15, -0.1) is 5.10 Å². The number of aromatic nitrogens is 2. The first-order chi connectivity index (χ1) is 12.0. The van der Waals surface area contributed by atoms with Crippen LogP contribution in [0.4, 0.5) is 6.01 Å². The van der Waals surface area contributed by atoms with E-state index in [4.69, 9.17) is 4.42 Å². The third-order valence-corrected chi connectivity index (χ3v) is 6.88. The van der Waals surface area contributed by atoms with Crippen LogP contribution in [0.3, 0.4) is 0 Å². The van der Waals surface area contributed by atoms with Crippen molar-refractivity contribution in [3.8, 4) is 0 Å². The molecule has 2 heterocycles. The number of hydrogen-bond donors (Lipinski definition) is 0. The molecule has 0 saturated carbocycles. The molecule has 0 spiro atoms. The van der Waals surface area contributed by atoms with Crippen LogP contribution in [0.15, 0.2) is 27.5 Å². The van der Waals surface area contributed by atoms with Gasteiger partial charge >= 0.3 is 6.01 Å². The van der Waals surface area contributed by atoms with Gasteiger partial charge in [-0.05, 0) is 48.9 Å². The van der Waals surface area contributed by atoms with Crippen molar-refractivity contribution in [1.82, 2.24) is 14.5 Å². The van der Waals surface area contributed by atoms with Gasteiger partial charge in [0.2, 0.25) is 15.9 Å². The zero-order valence-corrected chi connectivity index (χ0v) is 15.1. The Morgan fingerprint density at radius 3 is 2.40 bits per heavy atom. The van der Waals surface area contributed by atoms with E-state index in [-0.39, 0.29) is 0 Å². The molecule has 1 saturated heterocycles. The van der Waals surface area contributed by atoms with Gasteiger partial charge in [0.1, 0.15) is 0 Å². The number of hydrogen-bond acceptors (Lipinski definition) is 6. The second kappa shape index (κ2) is 6.42. The van der Waals surface area contributed by atoms with E-state index in [0.717, 1.165) is 19.3 Å². The van der Waals surface area contributed by atoms with Crippen LogP contribution in [0.5, 0.6) is 0 Å².